The van der Waals surface area contributed by atoms with Crippen molar-refractivity contribution in [3.63, 3.8) is 0 Å². The minimum Gasteiger partial charge on any atom is -0.451 e. The van der Waals surface area contributed by atoms with Gasteiger partial charge >= 0.3 is 0 Å². The first kappa shape index (κ1) is 10.5. The molecule has 0 aromatic rings. The number of amides is 1. The molecule has 4 nitrogen and oxygen atoms in total. The summed E-state index contributed by atoms with van der Waals surface area (Å²) in [6.07, 6.45) is 5.80. The van der Waals surface area contributed by atoms with Gasteiger partial charge in [0.25, 0.3) is 0 Å². The summed E-state index contributed by atoms with van der Waals surface area (Å²) in [6.45, 7) is 3.68. The highest BCUT2D eigenvalue weighted by atomic mass is 16.6. The van der Waals surface area contributed by atoms with Crippen LogP contribution >= 0.6 is 0 Å². The van der Waals surface area contributed by atoms with E-state index in [1.54, 1.807) is 5.01 Å². The molecular weight excluding hydrogens is 192 g/mol. The van der Waals surface area contributed by atoms with Crippen molar-refractivity contribution in [1.29, 1.82) is 0 Å². The van der Waals surface area contributed by atoms with E-state index in [1.165, 1.54) is 6.42 Å². The Kier molecular flexibility index (Phi) is 2.67. The average molecular weight is 210 g/mol. The summed E-state index contributed by atoms with van der Waals surface area (Å²) < 4.78 is 5.78. The Bertz CT molecular complexity index is 293. The fourth-order valence-electron chi connectivity index (χ4n) is 2.42. The van der Waals surface area contributed by atoms with Crippen molar-refractivity contribution < 1.29 is 9.53 Å². The smallest absolute Gasteiger partial charge is 0.246 e. The third-order valence-electron chi connectivity index (χ3n) is 3.14. The van der Waals surface area contributed by atoms with Crippen molar-refractivity contribution in [2.75, 3.05) is 0 Å². The van der Waals surface area contributed by atoms with Gasteiger partial charge in [0, 0.05) is 26.2 Å². The van der Waals surface area contributed by atoms with Crippen LogP contribution in [0.5, 0.6) is 0 Å². The van der Waals surface area contributed by atoms with Gasteiger partial charge in [-0.15, -0.1) is 5.10 Å². The third-order valence-corrected chi connectivity index (χ3v) is 3.14. The van der Waals surface area contributed by atoms with Crippen LogP contribution in [0.25, 0.3) is 0 Å². The molecule has 0 atom stereocenters. The summed E-state index contributed by atoms with van der Waals surface area (Å²) in [5.41, 5.74) is -0.435. The van der Waals surface area contributed by atoms with E-state index >= 15 is 0 Å². The molecular formula is C11H18N2O2. The van der Waals surface area contributed by atoms with E-state index in [9.17, 15) is 4.79 Å². The van der Waals surface area contributed by atoms with Gasteiger partial charge in [0.1, 0.15) is 0 Å². The summed E-state index contributed by atoms with van der Waals surface area (Å²) in [7, 11) is 0. The maximum atomic E-state index is 11.8. The summed E-state index contributed by atoms with van der Waals surface area (Å²) in [5.74, 6) is 0.687. The second kappa shape index (κ2) is 3.83. The fraction of sp³-hybridized carbons (Fsp3) is 0.818. The summed E-state index contributed by atoms with van der Waals surface area (Å²) >= 11 is 0. The molecule has 1 saturated carbocycles. The van der Waals surface area contributed by atoms with Gasteiger partial charge < -0.3 is 4.74 Å². The van der Waals surface area contributed by atoms with Crippen molar-refractivity contribution in [1.82, 2.24) is 5.01 Å². The van der Waals surface area contributed by atoms with Gasteiger partial charge in [0.15, 0.2) is 0 Å². The molecule has 1 aliphatic carbocycles. The zero-order valence-electron chi connectivity index (χ0n) is 9.45. The van der Waals surface area contributed by atoms with Crippen LogP contribution in [0, 0.1) is 0 Å². The number of carbonyl (C=O) groups is 1. The van der Waals surface area contributed by atoms with Crippen LogP contribution in [-0.2, 0) is 9.53 Å². The van der Waals surface area contributed by atoms with Crippen LogP contribution in [-0.4, -0.2) is 22.5 Å². The Labute approximate surface area is 90.3 Å². The molecule has 2 aliphatic rings. The number of rotatable bonds is 1. The van der Waals surface area contributed by atoms with Crippen LogP contribution in [0.15, 0.2) is 5.10 Å². The van der Waals surface area contributed by atoms with Gasteiger partial charge in [-0.25, -0.2) is 0 Å². The monoisotopic (exact) mass is 210 g/mol. The molecule has 0 bridgehead atoms. The minimum atomic E-state index is -0.435. The molecule has 0 N–H and O–H groups in total. The SMILES string of the molecule is CCC(=O)N1N=C(C)OC12CCCCC2. The average Bonchev–Trinajstić information content (AvgIpc) is 2.55. The van der Waals surface area contributed by atoms with E-state index in [1.807, 2.05) is 13.8 Å². The summed E-state index contributed by atoms with van der Waals surface area (Å²) in [4.78, 5) is 11.8. The van der Waals surface area contributed by atoms with Crippen molar-refractivity contribution in [3.05, 3.63) is 0 Å². The van der Waals surface area contributed by atoms with Gasteiger partial charge in [-0.05, 0) is 12.8 Å². The Balaban J connectivity index is 2.20. The molecule has 1 heterocycles. The van der Waals surface area contributed by atoms with Crippen molar-refractivity contribution in [2.24, 2.45) is 5.10 Å². The lowest BCUT2D eigenvalue weighted by Crippen LogP contribution is -2.48. The zero-order chi connectivity index (χ0) is 10.9. The lowest BCUT2D eigenvalue weighted by molar-refractivity contribution is -0.154. The lowest BCUT2D eigenvalue weighted by Gasteiger charge is -2.37. The molecule has 1 aliphatic heterocycles. The molecule has 0 aromatic carbocycles. The standard InChI is InChI=1S/C11H18N2O2/c1-3-10(14)13-11(15-9(2)12-13)7-5-4-6-8-11/h3-8H2,1-2H3. The quantitative estimate of drug-likeness (QED) is 0.666. The molecule has 2 rings (SSSR count). The zero-order valence-corrected chi connectivity index (χ0v) is 9.45. The molecule has 0 unspecified atom stereocenters. The van der Waals surface area contributed by atoms with Gasteiger partial charge in [0.2, 0.25) is 17.5 Å². The normalized spacial score (nSPS) is 23.9. The first-order chi connectivity index (χ1) is 7.18. The molecule has 0 saturated heterocycles. The van der Waals surface area contributed by atoms with Crippen molar-refractivity contribution >= 4 is 11.8 Å². The van der Waals surface area contributed by atoms with Crippen LogP contribution in [0.4, 0.5) is 0 Å². The highest BCUT2D eigenvalue weighted by molar-refractivity contribution is 5.82. The topological polar surface area (TPSA) is 41.9 Å². The van der Waals surface area contributed by atoms with Crippen LogP contribution in [0.3, 0.4) is 0 Å². The van der Waals surface area contributed by atoms with Crippen LogP contribution in [0.1, 0.15) is 52.4 Å². The predicted molar refractivity (Wildman–Crippen MR) is 57.1 cm³/mol. The van der Waals surface area contributed by atoms with Crippen molar-refractivity contribution in [3.8, 4) is 0 Å². The first-order valence-corrected chi connectivity index (χ1v) is 5.75. The molecule has 4 heteroatoms. The molecule has 84 valence electrons. The molecule has 1 amide bonds. The second-order valence-corrected chi connectivity index (χ2v) is 4.29. The third kappa shape index (κ3) is 1.73. The maximum absolute atomic E-state index is 11.8. The Morgan fingerprint density at radius 1 is 1.47 bits per heavy atom. The van der Waals surface area contributed by atoms with Crippen LogP contribution < -0.4 is 0 Å². The van der Waals surface area contributed by atoms with Crippen molar-refractivity contribution in [2.45, 2.75) is 58.1 Å². The lowest BCUT2D eigenvalue weighted by atomic mass is 9.91. The number of hydrogen-bond donors (Lipinski definition) is 0. The Hall–Kier alpha value is -1.06. The van der Waals surface area contributed by atoms with Crippen LogP contribution in [0.2, 0.25) is 0 Å². The van der Waals surface area contributed by atoms with E-state index in [0.29, 0.717) is 12.3 Å². The Morgan fingerprint density at radius 3 is 2.73 bits per heavy atom. The second-order valence-electron chi connectivity index (χ2n) is 4.29. The number of hydrogen-bond acceptors (Lipinski definition) is 3. The summed E-state index contributed by atoms with van der Waals surface area (Å²) in [6, 6.07) is 0. The van der Waals surface area contributed by atoms with Gasteiger partial charge in [-0.3, -0.25) is 4.79 Å². The maximum Gasteiger partial charge on any atom is 0.246 e. The summed E-state index contributed by atoms with van der Waals surface area (Å²) in [5, 5.41) is 5.80. The minimum absolute atomic E-state index is 0.0637. The molecule has 15 heavy (non-hydrogen) atoms. The predicted octanol–water partition coefficient (Wildman–Crippen LogP) is 2.25. The van der Waals surface area contributed by atoms with Gasteiger partial charge in [-0.2, -0.15) is 5.01 Å². The fourth-order valence-corrected chi connectivity index (χ4v) is 2.42. The highest BCUT2D eigenvalue weighted by Gasteiger charge is 2.46. The first-order valence-electron chi connectivity index (χ1n) is 5.75. The van der Waals surface area contributed by atoms with E-state index in [-0.39, 0.29) is 5.91 Å². The molecule has 1 fully saturated rings. The largest absolute Gasteiger partial charge is 0.451 e. The number of nitrogens with zero attached hydrogens (tertiary/aromatic N) is 2. The highest BCUT2D eigenvalue weighted by Crippen LogP contribution is 2.38. The molecule has 1 spiro atoms. The van der Waals surface area contributed by atoms with Gasteiger partial charge in [-0.1, -0.05) is 13.3 Å². The molecule has 0 radical (unpaired) electrons. The number of hydrazone groups is 1. The number of ether oxygens (including phenoxy) is 1. The van der Waals surface area contributed by atoms with E-state index < -0.39 is 5.72 Å². The number of carbonyl (C=O) groups excluding carboxylic acids is 1. The van der Waals surface area contributed by atoms with Gasteiger partial charge in [0.05, 0.1) is 0 Å². The van der Waals surface area contributed by atoms with E-state index in [4.69, 9.17) is 4.74 Å². The Morgan fingerprint density at radius 2 is 2.13 bits per heavy atom. The van der Waals surface area contributed by atoms with E-state index in [2.05, 4.69) is 5.10 Å². The van der Waals surface area contributed by atoms with E-state index in [0.717, 1.165) is 25.7 Å². The molecule has 0 aromatic heterocycles.